The van der Waals surface area contributed by atoms with Crippen LogP contribution in [-0.4, -0.2) is 34.9 Å². The summed E-state index contributed by atoms with van der Waals surface area (Å²) in [7, 11) is 0. The summed E-state index contributed by atoms with van der Waals surface area (Å²) in [6.07, 6.45) is -0.0802. The lowest BCUT2D eigenvalue weighted by Crippen LogP contribution is -2.44. The average molecular weight is 508 g/mol. The average Bonchev–Trinajstić information content (AvgIpc) is 3.26. The fourth-order valence-electron chi connectivity index (χ4n) is 5.29. The van der Waals surface area contributed by atoms with Crippen molar-refractivity contribution in [1.29, 1.82) is 0 Å². The first kappa shape index (κ1) is 25.1. The fraction of sp³-hybridized carbons (Fsp3) is 0.188. The van der Waals surface area contributed by atoms with Crippen molar-refractivity contribution in [2.24, 2.45) is 0 Å². The number of carbonyl (C=O) groups is 2. The van der Waals surface area contributed by atoms with Crippen LogP contribution in [0.4, 0.5) is 10.5 Å². The molecule has 1 atom stereocenters. The zero-order chi connectivity index (χ0) is 26.8. The van der Waals surface area contributed by atoms with Gasteiger partial charge < -0.3 is 14.9 Å². The Balaban J connectivity index is 1.50. The van der Waals surface area contributed by atoms with Gasteiger partial charge in [0.2, 0.25) is 0 Å². The molecule has 192 valence electrons. The van der Waals surface area contributed by atoms with Crippen molar-refractivity contribution in [2.75, 3.05) is 11.5 Å². The maximum Gasteiger partial charge on any atom is 0.415 e. The van der Waals surface area contributed by atoms with Crippen LogP contribution in [0.5, 0.6) is 5.75 Å². The van der Waals surface area contributed by atoms with E-state index in [1.165, 1.54) is 11.8 Å². The number of aryl methyl sites for hydroxylation is 1. The molecule has 0 radical (unpaired) electrons. The van der Waals surface area contributed by atoms with Gasteiger partial charge in [0, 0.05) is 11.5 Å². The first-order chi connectivity index (χ1) is 18.4. The van der Waals surface area contributed by atoms with Crippen molar-refractivity contribution < 1.29 is 24.5 Å². The number of para-hydroxylation sites is 1. The van der Waals surface area contributed by atoms with Crippen LogP contribution in [-0.2, 0) is 16.0 Å². The quantitative estimate of drug-likeness (QED) is 0.286. The van der Waals surface area contributed by atoms with Gasteiger partial charge in [-0.3, -0.25) is 4.90 Å². The van der Waals surface area contributed by atoms with E-state index in [0.29, 0.717) is 17.7 Å². The summed E-state index contributed by atoms with van der Waals surface area (Å²) >= 11 is 0. The molecule has 0 unspecified atom stereocenters. The van der Waals surface area contributed by atoms with Crippen LogP contribution in [0.2, 0.25) is 0 Å². The maximum atomic E-state index is 13.7. The molecule has 0 spiro atoms. The molecular weight excluding hydrogens is 478 g/mol. The molecule has 4 aromatic rings. The number of aromatic hydroxyl groups is 1. The highest BCUT2D eigenvalue weighted by atomic mass is 16.6. The van der Waals surface area contributed by atoms with E-state index in [1.807, 2.05) is 55.5 Å². The Hall–Kier alpha value is -4.58. The first-order valence-electron chi connectivity index (χ1n) is 12.7. The van der Waals surface area contributed by atoms with Gasteiger partial charge in [0.1, 0.15) is 18.4 Å². The number of carboxylic acid groups (broad SMARTS) is 1. The van der Waals surface area contributed by atoms with Gasteiger partial charge in [-0.2, -0.15) is 0 Å². The molecule has 1 amide bonds. The molecule has 2 N–H and O–H groups in total. The summed E-state index contributed by atoms with van der Waals surface area (Å²) < 4.78 is 5.88. The van der Waals surface area contributed by atoms with E-state index in [-0.39, 0.29) is 18.3 Å². The zero-order valence-corrected chi connectivity index (χ0v) is 21.3. The molecular formula is C32H29NO5. The smallest absolute Gasteiger partial charge is 0.415 e. The molecule has 1 aliphatic carbocycles. The summed E-state index contributed by atoms with van der Waals surface area (Å²) in [5.74, 6) is -1.14. The lowest BCUT2D eigenvalue weighted by atomic mass is 9.95. The van der Waals surface area contributed by atoms with Gasteiger partial charge in [0.15, 0.2) is 0 Å². The normalized spacial score (nSPS) is 12.9. The number of hydrogen-bond acceptors (Lipinski definition) is 4. The molecule has 0 fully saturated rings. The highest BCUT2D eigenvalue weighted by Crippen LogP contribution is 2.45. The van der Waals surface area contributed by atoms with E-state index in [0.717, 1.165) is 33.4 Å². The second-order valence-corrected chi connectivity index (χ2v) is 9.40. The molecule has 6 nitrogen and oxygen atoms in total. The number of hydrogen-bond donors (Lipinski definition) is 2. The number of amides is 1. The molecule has 4 aromatic carbocycles. The molecule has 5 rings (SSSR count). The fourth-order valence-corrected chi connectivity index (χ4v) is 5.29. The topological polar surface area (TPSA) is 87.1 Å². The summed E-state index contributed by atoms with van der Waals surface area (Å²) in [6.45, 7) is 3.53. The Morgan fingerprint density at radius 1 is 0.842 bits per heavy atom. The van der Waals surface area contributed by atoms with Gasteiger partial charge in [-0.15, -0.1) is 0 Å². The van der Waals surface area contributed by atoms with Crippen LogP contribution >= 0.6 is 0 Å². The minimum absolute atomic E-state index is 0.0806. The van der Waals surface area contributed by atoms with Crippen molar-refractivity contribution in [3.8, 4) is 28.0 Å². The molecule has 1 aliphatic rings. The number of carboxylic acids is 1. The number of phenols is 1. The number of aliphatic carboxylic acids is 1. The van der Waals surface area contributed by atoms with Crippen molar-refractivity contribution in [2.45, 2.75) is 32.2 Å². The molecule has 0 aromatic heterocycles. The Bertz CT molecular complexity index is 1470. The summed E-state index contributed by atoms with van der Waals surface area (Å²) in [6, 6.07) is 27.2. The molecule has 38 heavy (non-hydrogen) atoms. The van der Waals surface area contributed by atoms with Gasteiger partial charge in [-0.1, -0.05) is 79.7 Å². The molecule has 0 heterocycles. The van der Waals surface area contributed by atoms with E-state index in [1.54, 1.807) is 30.3 Å². The maximum absolute atomic E-state index is 13.7. The third-order valence-corrected chi connectivity index (χ3v) is 7.20. The van der Waals surface area contributed by atoms with Crippen LogP contribution in [0, 0.1) is 0 Å². The number of carbonyl (C=O) groups excluding carboxylic acids is 1. The van der Waals surface area contributed by atoms with Gasteiger partial charge in [-0.05, 0) is 64.9 Å². The second kappa shape index (κ2) is 10.4. The summed E-state index contributed by atoms with van der Waals surface area (Å²) in [5.41, 5.74) is 7.20. The number of fused-ring (bicyclic) bond motifs is 3. The van der Waals surface area contributed by atoms with Crippen LogP contribution in [0.1, 0.15) is 36.5 Å². The van der Waals surface area contributed by atoms with E-state index in [4.69, 9.17) is 4.74 Å². The third-order valence-electron chi connectivity index (χ3n) is 7.20. The SMILES string of the molecule is CCc1cc(O)ccc1-c1ccccc1N(C(=O)OCC1c2ccccc2-c2ccccc21)[C@@H](C)C(=O)O. The molecule has 0 bridgehead atoms. The minimum Gasteiger partial charge on any atom is -0.508 e. The number of phenolic OH excluding ortho intramolecular Hbond substituents is 1. The predicted octanol–water partition coefficient (Wildman–Crippen LogP) is 6.85. The number of rotatable bonds is 7. The Kier molecular flexibility index (Phi) is 6.88. The van der Waals surface area contributed by atoms with Gasteiger partial charge in [0.05, 0.1) is 5.69 Å². The van der Waals surface area contributed by atoms with Crippen molar-refractivity contribution in [3.05, 3.63) is 108 Å². The van der Waals surface area contributed by atoms with Crippen LogP contribution in [0.15, 0.2) is 91.0 Å². The van der Waals surface area contributed by atoms with Gasteiger partial charge in [0.25, 0.3) is 0 Å². The van der Waals surface area contributed by atoms with Gasteiger partial charge >= 0.3 is 12.1 Å². The van der Waals surface area contributed by atoms with Crippen molar-refractivity contribution in [1.82, 2.24) is 0 Å². The lowest BCUT2D eigenvalue weighted by Gasteiger charge is -2.29. The van der Waals surface area contributed by atoms with Crippen molar-refractivity contribution in [3.63, 3.8) is 0 Å². The Morgan fingerprint density at radius 2 is 1.42 bits per heavy atom. The van der Waals surface area contributed by atoms with E-state index >= 15 is 0 Å². The molecule has 0 aliphatic heterocycles. The van der Waals surface area contributed by atoms with Crippen molar-refractivity contribution >= 4 is 17.7 Å². The predicted molar refractivity (Wildman–Crippen MR) is 148 cm³/mol. The molecule has 0 saturated heterocycles. The number of ether oxygens (including phenoxy) is 1. The van der Waals surface area contributed by atoms with Crippen LogP contribution < -0.4 is 4.90 Å². The highest BCUT2D eigenvalue weighted by molar-refractivity contribution is 5.99. The highest BCUT2D eigenvalue weighted by Gasteiger charge is 2.33. The standard InChI is InChI=1S/C32H29NO5/c1-3-21-18-22(34)16-17-23(21)28-14-8-9-15-30(28)33(20(2)31(35)36)32(37)38-19-29-26-12-6-4-10-24(26)25-11-5-7-13-27(25)29/h4-18,20,29,34H,3,19H2,1-2H3,(H,35,36)/t20-/m0/s1. The largest absolute Gasteiger partial charge is 0.508 e. The Morgan fingerprint density at radius 3 is 2.03 bits per heavy atom. The monoisotopic (exact) mass is 507 g/mol. The van der Waals surface area contributed by atoms with E-state index in [2.05, 4.69) is 12.1 Å². The summed E-state index contributed by atoms with van der Waals surface area (Å²) in [5, 5.41) is 19.9. The number of nitrogens with zero attached hydrogens (tertiary/aromatic N) is 1. The third kappa shape index (κ3) is 4.50. The number of benzene rings is 4. The van der Waals surface area contributed by atoms with E-state index in [9.17, 15) is 19.8 Å². The first-order valence-corrected chi connectivity index (χ1v) is 12.7. The summed E-state index contributed by atoms with van der Waals surface area (Å²) in [4.78, 5) is 27.0. The van der Waals surface area contributed by atoms with E-state index < -0.39 is 18.1 Å². The van der Waals surface area contributed by atoms with Crippen LogP contribution in [0.3, 0.4) is 0 Å². The zero-order valence-electron chi connectivity index (χ0n) is 21.3. The van der Waals surface area contributed by atoms with Gasteiger partial charge in [-0.25, -0.2) is 9.59 Å². The second-order valence-electron chi connectivity index (χ2n) is 9.40. The van der Waals surface area contributed by atoms with Crippen LogP contribution in [0.25, 0.3) is 22.3 Å². The minimum atomic E-state index is -1.17. The Labute approximate surface area is 221 Å². The molecule has 0 saturated carbocycles. The molecule has 6 heteroatoms. The lowest BCUT2D eigenvalue weighted by molar-refractivity contribution is -0.138. The number of anilines is 1.